The van der Waals surface area contributed by atoms with Gasteiger partial charge in [-0.15, -0.1) is 0 Å². The zero-order valence-corrected chi connectivity index (χ0v) is 34.4. The van der Waals surface area contributed by atoms with Gasteiger partial charge in [0, 0.05) is 31.8 Å². The highest BCUT2D eigenvalue weighted by molar-refractivity contribution is 7.91. The van der Waals surface area contributed by atoms with Gasteiger partial charge in [-0.2, -0.15) is 4.98 Å². The van der Waals surface area contributed by atoms with E-state index >= 15 is 0 Å². The number of carbonyl (C=O) groups is 4. The van der Waals surface area contributed by atoms with Gasteiger partial charge in [-0.05, 0) is 101 Å². The molecule has 1 aromatic heterocycles. The minimum atomic E-state index is -3.91. The molecule has 2 aromatic rings. The number of amides is 4. The number of nitrogens with one attached hydrogen (secondary N) is 3. The highest BCUT2D eigenvalue weighted by Crippen LogP contribution is 2.46. The summed E-state index contributed by atoms with van der Waals surface area (Å²) in [4.78, 5) is 64.5. The molecule has 2 aliphatic carbocycles. The predicted molar refractivity (Wildman–Crippen MR) is 211 cm³/mol. The fourth-order valence-corrected chi connectivity index (χ4v) is 9.09. The highest BCUT2D eigenvalue weighted by Gasteiger charge is 2.62. The van der Waals surface area contributed by atoms with Crippen LogP contribution in [0.4, 0.5) is 10.6 Å². The summed E-state index contributed by atoms with van der Waals surface area (Å²) in [5, 5.41) is 6.60. The largest absolute Gasteiger partial charge is 0.497 e. The lowest BCUT2D eigenvalue weighted by molar-refractivity contribution is -0.142. The molecule has 1 aromatic carbocycles. The van der Waals surface area contributed by atoms with E-state index in [2.05, 4.69) is 22.3 Å². The lowest BCUT2D eigenvalue weighted by Crippen LogP contribution is -2.59. The van der Waals surface area contributed by atoms with Gasteiger partial charge in [0.25, 0.3) is 5.91 Å². The van der Waals surface area contributed by atoms with Crippen molar-refractivity contribution in [2.24, 2.45) is 17.8 Å². The fourth-order valence-electron chi connectivity index (χ4n) is 7.73. The lowest BCUT2D eigenvalue weighted by atomic mass is 9.88. The minimum Gasteiger partial charge on any atom is -0.497 e. The minimum absolute atomic E-state index is 0.0319. The average molecular weight is 797 g/mol. The summed E-state index contributed by atoms with van der Waals surface area (Å²) in [6.07, 6.45) is 5.56. The zero-order chi connectivity index (χ0) is 40.7. The Hall–Kier alpha value is -4.60. The second-order valence-corrected chi connectivity index (χ2v) is 19.1. The Bertz CT molecular complexity index is 1990. The van der Waals surface area contributed by atoms with Crippen LogP contribution >= 0.6 is 0 Å². The van der Waals surface area contributed by atoms with E-state index in [1.165, 1.54) is 4.90 Å². The number of pyridine rings is 1. The second-order valence-electron chi connectivity index (χ2n) is 17.1. The lowest BCUT2D eigenvalue weighted by Gasteiger charge is -2.33. The molecule has 15 nitrogen and oxygen atoms in total. The molecule has 0 bridgehead atoms. The maximum absolute atomic E-state index is 14.8. The SMILES string of the molecule is COc1ccc2c(O[C@@H]3C[C@H]4C(=O)N[C@]5(C(=O)NS(=O)(=O)C6CC6)C[C@H]5/C=C\CC[C@H](C)C[C@@H](C)C(NC(=O)OC(C)(C)C)C(=O)N4C3)nc(N(C)C)cc2c1. The van der Waals surface area contributed by atoms with E-state index in [1.54, 1.807) is 33.9 Å². The third-order valence-electron chi connectivity index (χ3n) is 11.0. The van der Waals surface area contributed by atoms with Crippen LogP contribution in [0.1, 0.15) is 79.6 Å². The van der Waals surface area contributed by atoms with Gasteiger partial charge in [0.1, 0.15) is 40.9 Å². The number of ether oxygens (including phenoxy) is 3. The molecule has 7 atom stereocenters. The molecule has 0 radical (unpaired) electrons. The first-order valence-electron chi connectivity index (χ1n) is 19.5. The van der Waals surface area contributed by atoms with Crippen molar-refractivity contribution in [2.75, 3.05) is 32.6 Å². The number of anilines is 1. The number of nitrogens with zero attached hydrogens (tertiary/aromatic N) is 3. The van der Waals surface area contributed by atoms with E-state index in [4.69, 9.17) is 19.2 Å². The Morgan fingerprint density at radius 3 is 2.46 bits per heavy atom. The number of hydrogen-bond acceptors (Lipinski definition) is 11. The van der Waals surface area contributed by atoms with Crippen LogP contribution in [0.15, 0.2) is 36.4 Å². The van der Waals surface area contributed by atoms with Crippen LogP contribution in [0.3, 0.4) is 0 Å². The number of hydrogen-bond donors (Lipinski definition) is 3. The van der Waals surface area contributed by atoms with Crippen molar-refractivity contribution in [1.82, 2.24) is 25.2 Å². The maximum Gasteiger partial charge on any atom is 0.408 e. The van der Waals surface area contributed by atoms with Gasteiger partial charge in [-0.25, -0.2) is 13.2 Å². The Balaban J connectivity index is 1.37. The smallest absolute Gasteiger partial charge is 0.408 e. The number of methoxy groups -OCH3 is 1. The van der Waals surface area contributed by atoms with Crippen molar-refractivity contribution in [3.63, 3.8) is 0 Å². The molecule has 3 N–H and O–H groups in total. The van der Waals surface area contributed by atoms with Crippen LogP contribution in [0, 0.1) is 17.8 Å². The number of fused-ring (bicyclic) bond motifs is 3. The van der Waals surface area contributed by atoms with Crippen molar-refractivity contribution in [3.8, 4) is 11.6 Å². The van der Waals surface area contributed by atoms with Gasteiger partial charge in [-0.1, -0.05) is 26.0 Å². The molecule has 16 heteroatoms. The number of carbonyl (C=O) groups excluding carboxylic acids is 4. The first-order valence-corrected chi connectivity index (χ1v) is 21.0. The molecule has 3 fully saturated rings. The number of alkyl carbamates (subject to hydrolysis) is 1. The molecule has 0 spiro atoms. The van der Waals surface area contributed by atoms with Crippen LogP contribution < -0.4 is 29.7 Å². The highest BCUT2D eigenvalue weighted by atomic mass is 32.2. The average Bonchev–Trinajstić information content (AvgIpc) is 4.04. The molecule has 2 saturated carbocycles. The van der Waals surface area contributed by atoms with Gasteiger partial charge >= 0.3 is 6.09 Å². The molecule has 306 valence electrons. The summed E-state index contributed by atoms with van der Waals surface area (Å²) in [7, 11) is 1.39. The Morgan fingerprint density at radius 2 is 1.80 bits per heavy atom. The maximum atomic E-state index is 14.8. The van der Waals surface area contributed by atoms with Gasteiger partial charge in [0.05, 0.1) is 18.9 Å². The van der Waals surface area contributed by atoms with Crippen molar-refractivity contribution in [3.05, 3.63) is 36.4 Å². The molecular formula is C40H56N6O9S. The third-order valence-corrected chi connectivity index (χ3v) is 12.8. The molecule has 3 heterocycles. The van der Waals surface area contributed by atoms with Crippen molar-refractivity contribution in [2.45, 2.75) is 114 Å². The number of aromatic nitrogens is 1. The van der Waals surface area contributed by atoms with E-state index in [1.807, 2.05) is 56.3 Å². The number of benzene rings is 1. The zero-order valence-electron chi connectivity index (χ0n) is 33.6. The standard InChI is InChI=1S/C40H56N6O9S/c1-23-11-9-10-12-26-21-40(26,37(49)44-56(51,52)29-14-15-29)43-34(47)31-20-28(22-46(31)36(48)33(24(2)17-23)42-38(50)55-39(3,4)5)54-35-30-16-13-27(53-8)18-25(30)19-32(41-35)45(6)7/h10,12-13,16,18-19,23-24,26,28-29,31,33H,9,11,14-15,17,20-22H2,1-8H3,(H,42,50)(H,43,47)(H,44,49)/b12-10-/t23-,24+,26+,28+,31-,33?,40+/m0/s1. The van der Waals surface area contributed by atoms with Gasteiger partial charge in [-0.3, -0.25) is 19.1 Å². The summed E-state index contributed by atoms with van der Waals surface area (Å²) < 4.78 is 45.7. The van der Waals surface area contributed by atoms with E-state index in [0.29, 0.717) is 48.5 Å². The fraction of sp³-hybridized carbons (Fsp3) is 0.625. The van der Waals surface area contributed by atoms with Crippen LogP contribution in [0.5, 0.6) is 11.6 Å². The van der Waals surface area contributed by atoms with Crippen LogP contribution in [-0.2, 0) is 29.1 Å². The second kappa shape index (κ2) is 15.7. The number of sulfonamides is 1. The first-order chi connectivity index (χ1) is 26.3. The van der Waals surface area contributed by atoms with Gasteiger partial charge in [0.15, 0.2) is 0 Å². The van der Waals surface area contributed by atoms with Crippen molar-refractivity contribution < 1.29 is 41.8 Å². The van der Waals surface area contributed by atoms with E-state index in [9.17, 15) is 27.6 Å². The van der Waals surface area contributed by atoms with Crippen LogP contribution in [0.25, 0.3) is 10.8 Å². The molecule has 4 aliphatic rings. The number of allylic oxidation sites excluding steroid dienone is 1. The van der Waals surface area contributed by atoms with Crippen molar-refractivity contribution >= 4 is 50.4 Å². The quantitative estimate of drug-likeness (QED) is 0.328. The molecular weight excluding hydrogens is 741 g/mol. The van der Waals surface area contributed by atoms with Crippen LogP contribution in [-0.4, -0.2) is 104 Å². The normalized spacial score (nSPS) is 29.1. The number of rotatable bonds is 8. The molecule has 4 amide bonds. The third kappa shape index (κ3) is 9.16. The Kier molecular flexibility index (Phi) is 11.5. The van der Waals surface area contributed by atoms with Crippen molar-refractivity contribution in [1.29, 1.82) is 0 Å². The molecule has 56 heavy (non-hydrogen) atoms. The molecule has 6 rings (SSSR count). The summed E-state index contributed by atoms with van der Waals surface area (Å²) in [6, 6.07) is 5.22. The topological polar surface area (TPSA) is 186 Å². The Labute approximate surface area is 329 Å². The summed E-state index contributed by atoms with van der Waals surface area (Å²) in [5.74, 6) is -0.993. The molecule has 1 unspecified atom stereocenters. The van der Waals surface area contributed by atoms with Gasteiger partial charge < -0.3 is 34.6 Å². The Morgan fingerprint density at radius 1 is 1.07 bits per heavy atom. The summed E-state index contributed by atoms with van der Waals surface area (Å²) in [6.45, 7) is 9.15. The van der Waals surface area contributed by atoms with Crippen LogP contribution in [0.2, 0.25) is 0 Å². The van der Waals surface area contributed by atoms with E-state index < -0.39 is 74.3 Å². The summed E-state index contributed by atoms with van der Waals surface area (Å²) in [5.41, 5.74) is -2.35. The van der Waals surface area contributed by atoms with E-state index in [0.717, 1.165) is 11.8 Å². The first kappa shape index (κ1) is 41.0. The van der Waals surface area contributed by atoms with Gasteiger partial charge in [0.2, 0.25) is 27.7 Å². The molecule has 1 saturated heterocycles. The monoisotopic (exact) mass is 796 g/mol. The summed E-state index contributed by atoms with van der Waals surface area (Å²) >= 11 is 0. The van der Waals surface area contributed by atoms with E-state index in [-0.39, 0.29) is 31.2 Å². The molecule has 2 aliphatic heterocycles. The predicted octanol–water partition coefficient (Wildman–Crippen LogP) is 4.05.